The van der Waals surface area contributed by atoms with Gasteiger partial charge in [-0.05, 0) is 64.2 Å². The third kappa shape index (κ3) is 3.39. The zero-order valence-electron chi connectivity index (χ0n) is 18.3. The lowest BCUT2D eigenvalue weighted by Crippen LogP contribution is -2.54. The van der Waals surface area contributed by atoms with Crippen LogP contribution in [0.3, 0.4) is 0 Å². The number of hydrogen-bond donors (Lipinski definition) is 2. The van der Waals surface area contributed by atoms with Crippen molar-refractivity contribution >= 4 is 5.91 Å². The molecule has 1 heterocycles. The number of allylic oxidation sites excluding steroid dienone is 3. The molecule has 5 nitrogen and oxygen atoms in total. The van der Waals surface area contributed by atoms with Gasteiger partial charge in [-0.1, -0.05) is 35.5 Å². The Bertz CT molecular complexity index is 796. The van der Waals surface area contributed by atoms with Crippen molar-refractivity contribution < 1.29 is 14.6 Å². The summed E-state index contributed by atoms with van der Waals surface area (Å²) in [6, 6.07) is 0.0920. The lowest BCUT2D eigenvalue weighted by atomic mass is 9.62. The average molecular weight is 413 g/mol. The third-order valence-corrected chi connectivity index (χ3v) is 8.35. The first-order valence-corrected chi connectivity index (χ1v) is 11.8. The Kier molecular flexibility index (Phi) is 5.19. The number of ether oxygens (including phenoxy) is 1. The molecule has 0 aromatic heterocycles. The lowest BCUT2D eigenvalue weighted by molar-refractivity contribution is -0.154. The number of nitrogens with zero attached hydrogens (tertiary/aromatic N) is 1. The summed E-state index contributed by atoms with van der Waals surface area (Å²) in [5.74, 6) is 0.374. The van der Waals surface area contributed by atoms with Gasteiger partial charge in [-0.2, -0.15) is 0 Å². The molecular weight excluding hydrogens is 376 g/mol. The molecule has 164 valence electrons. The van der Waals surface area contributed by atoms with Gasteiger partial charge in [-0.25, -0.2) is 0 Å². The molecule has 5 rings (SSSR count). The van der Waals surface area contributed by atoms with E-state index in [0.717, 1.165) is 38.5 Å². The molecule has 0 aromatic rings. The molecule has 3 fully saturated rings. The van der Waals surface area contributed by atoms with E-state index >= 15 is 0 Å². The third-order valence-electron chi connectivity index (χ3n) is 8.35. The molecule has 5 heteroatoms. The van der Waals surface area contributed by atoms with Gasteiger partial charge in [0.25, 0.3) is 0 Å². The van der Waals surface area contributed by atoms with E-state index in [2.05, 4.69) is 31.2 Å². The Labute approximate surface area is 180 Å². The molecule has 7 unspecified atom stereocenters. The van der Waals surface area contributed by atoms with Gasteiger partial charge in [0.2, 0.25) is 5.91 Å². The topological polar surface area (TPSA) is 75.8 Å². The zero-order chi connectivity index (χ0) is 21.0. The van der Waals surface area contributed by atoms with Crippen molar-refractivity contribution in [1.82, 2.24) is 4.90 Å². The predicted octanol–water partition coefficient (Wildman–Crippen LogP) is 2.95. The molecule has 0 radical (unpaired) electrons. The van der Waals surface area contributed by atoms with Crippen molar-refractivity contribution in [3.8, 4) is 0 Å². The Morgan fingerprint density at radius 2 is 1.93 bits per heavy atom. The van der Waals surface area contributed by atoms with Crippen LogP contribution in [0.1, 0.15) is 52.4 Å². The SMILES string of the molecule is CCOC1C2CC=CCC2C(O)C2CN(C3CC=C(CC4(N)CC4)C=C3C)C(=O)C21. The summed E-state index contributed by atoms with van der Waals surface area (Å²) in [7, 11) is 0. The highest BCUT2D eigenvalue weighted by atomic mass is 16.5. The maximum absolute atomic E-state index is 13.7. The number of carbonyl (C=O) groups is 1. The number of rotatable bonds is 5. The van der Waals surface area contributed by atoms with E-state index in [1.807, 2.05) is 11.8 Å². The van der Waals surface area contributed by atoms with Gasteiger partial charge in [0.1, 0.15) is 0 Å². The number of carbonyl (C=O) groups excluding carboxylic acids is 1. The molecule has 0 aromatic carbocycles. The summed E-state index contributed by atoms with van der Waals surface area (Å²) in [5, 5.41) is 11.2. The van der Waals surface area contributed by atoms with Crippen LogP contribution in [-0.4, -0.2) is 52.9 Å². The minimum atomic E-state index is -0.429. The summed E-state index contributed by atoms with van der Waals surface area (Å²) in [6.07, 6.45) is 14.2. The summed E-state index contributed by atoms with van der Waals surface area (Å²) in [5.41, 5.74) is 8.88. The van der Waals surface area contributed by atoms with Gasteiger partial charge in [-0.3, -0.25) is 4.79 Å². The Morgan fingerprint density at radius 3 is 2.60 bits per heavy atom. The average Bonchev–Trinajstić information content (AvgIpc) is 3.35. The van der Waals surface area contributed by atoms with E-state index in [-0.39, 0.29) is 47.3 Å². The fraction of sp³-hybridized carbons (Fsp3) is 0.720. The molecule has 0 bridgehead atoms. The normalized spacial score (nSPS) is 41.8. The molecule has 5 aliphatic rings. The standard InChI is InChI=1S/C25H36N2O3/c1-3-30-23-18-7-5-4-6-17(18)22(28)19-14-27(24(29)21(19)23)20-9-8-16(12-15(20)2)13-25(26)10-11-25/h4-5,8,12,17-23,28H,3,6-7,9-11,13-14,26H2,1-2H3. The monoisotopic (exact) mass is 412 g/mol. The number of aliphatic hydroxyl groups is 1. The van der Waals surface area contributed by atoms with Gasteiger partial charge >= 0.3 is 0 Å². The van der Waals surface area contributed by atoms with Gasteiger partial charge in [-0.15, -0.1) is 0 Å². The van der Waals surface area contributed by atoms with E-state index in [9.17, 15) is 9.90 Å². The molecule has 0 spiro atoms. The Balaban J connectivity index is 1.37. The van der Waals surface area contributed by atoms with E-state index in [1.54, 1.807) is 0 Å². The van der Waals surface area contributed by atoms with E-state index in [0.29, 0.717) is 13.2 Å². The second-order valence-electron chi connectivity index (χ2n) is 10.3. The second-order valence-corrected chi connectivity index (χ2v) is 10.3. The van der Waals surface area contributed by atoms with Gasteiger partial charge < -0.3 is 20.5 Å². The number of fused-ring (bicyclic) bond motifs is 2. The van der Waals surface area contributed by atoms with Crippen LogP contribution in [0, 0.1) is 23.7 Å². The van der Waals surface area contributed by atoms with Crippen LogP contribution in [0.4, 0.5) is 0 Å². The number of likely N-dealkylation sites (tertiary alicyclic amines) is 1. The van der Waals surface area contributed by atoms with Crippen LogP contribution >= 0.6 is 0 Å². The highest BCUT2D eigenvalue weighted by Gasteiger charge is 2.58. The summed E-state index contributed by atoms with van der Waals surface area (Å²) < 4.78 is 6.19. The van der Waals surface area contributed by atoms with Gasteiger partial charge in [0.05, 0.1) is 24.2 Å². The maximum atomic E-state index is 13.7. The summed E-state index contributed by atoms with van der Waals surface area (Å²) in [6.45, 7) is 5.40. The van der Waals surface area contributed by atoms with Crippen molar-refractivity contribution in [1.29, 1.82) is 0 Å². The second kappa shape index (κ2) is 7.61. The van der Waals surface area contributed by atoms with Crippen molar-refractivity contribution in [3.63, 3.8) is 0 Å². The largest absolute Gasteiger partial charge is 0.392 e. The van der Waals surface area contributed by atoms with Crippen LogP contribution in [-0.2, 0) is 9.53 Å². The highest BCUT2D eigenvalue weighted by molar-refractivity contribution is 5.83. The summed E-state index contributed by atoms with van der Waals surface area (Å²) >= 11 is 0. The van der Waals surface area contributed by atoms with Gasteiger partial charge in [0.15, 0.2) is 0 Å². The van der Waals surface area contributed by atoms with E-state index in [1.165, 1.54) is 11.1 Å². The number of aliphatic hydroxyl groups excluding tert-OH is 1. The molecule has 1 saturated heterocycles. The van der Waals surface area contributed by atoms with Crippen LogP contribution in [0.5, 0.6) is 0 Å². The van der Waals surface area contributed by atoms with Crippen molar-refractivity contribution in [2.45, 2.75) is 76.2 Å². The fourth-order valence-electron chi connectivity index (χ4n) is 6.56. The molecule has 7 atom stereocenters. The first-order chi connectivity index (χ1) is 14.4. The van der Waals surface area contributed by atoms with Crippen molar-refractivity contribution in [2.75, 3.05) is 13.2 Å². The fourth-order valence-corrected chi connectivity index (χ4v) is 6.56. The minimum absolute atomic E-state index is 0.00695. The van der Waals surface area contributed by atoms with Crippen LogP contribution in [0.25, 0.3) is 0 Å². The Hall–Kier alpha value is -1.43. The molecule has 4 aliphatic carbocycles. The summed E-state index contributed by atoms with van der Waals surface area (Å²) in [4.78, 5) is 15.7. The maximum Gasteiger partial charge on any atom is 0.229 e. The quantitative estimate of drug-likeness (QED) is 0.681. The zero-order valence-corrected chi connectivity index (χ0v) is 18.3. The molecule has 30 heavy (non-hydrogen) atoms. The minimum Gasteiger partial charge on any atom is -0.392 e. The van der Waals surface area contributed by atoms with Crippen molar-refractivity contribution in [3.05, 3.63) is 35.5 Å². The first kappa shape index (κ1) is 20.5. The van der Waals surface area contributed by atoms with E-state index < -0.39 is 6.10 Å². The van der Waals surface area contributed by atoms with E-state index in [4.69, 9.17) is 10.5 Å². The Morgan fingerprint density at radius 1 is 1.20 bits per heavy atom. The lowest BCUT2D eigenvalue weighted by Gasteiger charge is -2.47. The molecule has 3 N–H and O–H groups in total. The molecule has 1 aliphatic heterocycles. The predicted molar refractivity (Wildman–Crippen MR) is 116 cm³/mol. The molecule has 1 amide bonds. The molecule has 2 saturated carbocycles. The number of nitrogens with two attached hydrogens (primary N) is 1. The smallest absolute Gasteiger partial charge is 0.229 e. The molecular formula is C25H36N2O3. The number of amides is 1. The van der Waals surface area contributed by atoms with Crippen molar-refractivity contribution in [2.24, 2.45) is 29.4 Å². The first-order valence-electron chi connectivity index (χ1n) is 11.8. The van der Waals surface area contributed by atoms with Crippen LogP contribution in [0.2, 0.25) is 0 Å². The highest BCUT2D eigenvalue weighted by Crippen LogP contribution is 2.49. The number of hydrogen-bond acceptors (Lipinski definition) is 4. The van der Waals surface area contributed by atoms with Gasteiger partial charge in [0, 0.05) is 24.6 Å². The van der Waals surface area contributed by atoms with Crippen LogP contribution in [0.15, 0.2) is 35.5 Å². The van der Waals surface area contributed by atoms with Crippen LogP contribution < -0.4 is 5.73 Å².